The van der Waals surface area contributed by atoms with Crippen molar-refractivity contribution in [1.82, 2.24) is 24.6 Å². The summed E-state index contributed by atoms with van der Waals surface area (Å²) in [5.41, 5.74) is 0.260. The van der Waals surface area contributed by atoms with Crippen LogP contribution < -0.4 is 10.6 Å². The Morgan fingerprint density at radius 2 is 2.06 bits per heavy atom. The van der Waals surface area contributed by atoms with Gasteiger partial charge in [-0.15, -0.1) is 0 Å². The first-order valence-corrected chi connectivity index (χ1v) is 10.3. The number of carbonyl (C=O) groups excluding carboxylic acids is 1. The normalized spacial score (nSPS) is 16.0. The molecular formula is C21H22F3N7O2. The topological polar surface area (TPSA) is 97.2 Å². The summed E-state index contributed by atoms with van der Waals surface area (Å²) in [7, 11) is 0. The van der Waals surface area contributed by atoms with Gasteiger partial charge in [0.05, 0.1) is 31.1 Å². The summed E-state index contributed by atoms with van der Waals surface area (Å²) in [6.45, 7) is 3.37. The van der Waals surface area contributed by atoms with Crippen molar-refractivity contribution in [3.05, 3.63) is 59.8 Å². The number of benzene rings is 1. The van der Waals surface area contributed by atoms with E-state index >= 15 is 0 Å². The monoisotopic (exact) mass is 461 g/mol. The summed E-state index contributed by atoms with van der Waals surface area (Å²) < 4.78 is 47.5. The van der Waals surface area contributed by atoms with E-state index in [9.17, 15) is 18.0 Å². The van der Waals surface area contributed by atoms with Gasteiger partial charge in [0, 0.05) is 43.2 Å². The molecular weight excluding hydrogens is 439 g/mol. The summed E-state index contributed by atoms with van der Waals surface area (Å²) in [5, 5.41) is 9.94. The number of nitrogens with one attached hydrogen (secondary N) is 2. The summed E-state index contributed by atoms with van der Waals surface area (Å²) in [6.07, 6.45) is 4.64. The largest absolute Gasteiger partial charge is 0.377 e. The first-order chi connectivity index (χ1) is 15.9. The van der Waals surface area contributed by atoms with E-state index in [1.807, 2.05) is 6.92 Å². The van der Waals surface area contributed by atoms with E-state index in [1.54, 1.807) is 11.1 Å². The fourth-order valence-electron chi connectivity index (χ4n) is 3.41. The number of carbonyl (C=O) groups is 1. The zero-order valence-electron chi connectivity index (χ0n) is 17.8. The van der Waals surface area contributed by atoms with Crippen molar-refractivity contribution in [1.29, 1.82) is 0 Å². The van der Waals surface area contributed by atoms with E-state index < -0.39 is 17.5 Å². The molecule has 1 aromatic carbocycles. The van der Waals surface area contributed by atoms with Crippen molar-refractivity contribution in [2.75, 3.05) is 30.4 Å². The molecule has 0 saturated carbocycles. The third-order valence-corrected chi connectivity index (χ3v) is 5.08. The van der Waals surface area contributed by atoms with Gasteiger partial charge in [-0.1, -0.05) is 0 Å². The SMILES string of the molecule is C[C@H]1COCCN1C(=O)Cn1cc(Nc2nccc(NCc3c(F)cc(F)cc3F)n2)cn1. The number of anilines is 3. The molecule has 1 fully saturated rings. The number of ether oxygens (including phenoxy) is 1. The van der Waals surface area contributed by atoms with Crippen LogP contribution >= 0.6 is 0 Å². The number of halogens is 3. The van der Waals surface area contributed by atoms with Crippen LogP contribution in [0, 0.1) is 17.5 Å². The van der Waals surface area contributed by atoms with E-state index in [0.717, 1.165) is 0 Å². The molecule has 3 heterocycles. The lowest BCUT2D eigenvalue weighted by Gasteiger charge is -2.33. The third-order valence-electron chi connectivity index (χ3n) is 5.08. The molecule has 9 nitrogen and oxygen atoms in total. The zero-order valence-corrected chi connectivity index (χ0v) is 17.8. The number of amides is 1. The number of hydrogen-bond donors (Lipinski definition) is 2. The summed E-state index contributed by atoms with van der Waals surface area (Å²) in [4.78, 5) is 22.6. The van der Waals surface area contributed by atoms with Crippen LogP contribution in [0.4, 0.5) is 30.6 Å². The van der Waals surface area contributed by atoms with Gasteiger partial charge in [0.2, 0.25) is 11.9 Å². The minimum Gasteiger partial charge on any atom is -0.377 e. The maximum absolute atomic E-state index is 13.8. The Morgan fingerprint density at radius 3 is 2.82 bits per heavy atom. The highest BCUT2D eigenvalue weighted by atomic mass is 19.1. The Bertz CT molecular complexity index is 1120. The molecule has 0 unspecified atom stereocenters. The number of nitrogens with zero attached hydrogens (tertiary/aromatic N) is 5. The molecule has 0 spiro atoms. The Hall–Kier alpha value is -3.67. The molecule has 12 heteroatoms. The van der Waals surface area contributed by atoms with Crippen molar-refractivity contribution < 1.29 is 22.7 Å². The fourth-order valence-corrected chi connectivity index (χ4v) is 3.41. The van der Waals surface area contributed by atoms with Gasteiger partial charge in [-0.3, -0.25) is 9.48 Å². The van der Waals surface area contributed by atoms with Gasteiger partial charge in [-0.25, -0.2) is 18.2 Å². The molecule has 2 aromatic heterocycles. The second-order valence-electron chi connectivity index (χ2n) is 7.53. The predicted molar refractivity (Wildman–Crippen MR) is 113 cm³/mol. The fraction of sp³-hybridized carbons (Fsp3) is 0.333. The van der Waals surface area contributed by atoms with Gasteiger partial charge in [0.25, 0.3) is 0 Å². The lowest BCUT2D eigenvalue weighted by molar-refractivity contribution is -0.139. The Labute approximate surface area is 187 Å². The van der Waals surface area contributed by atoms with Gasteiger partial charge < -0.3 is 20.3 Å². The van der Waals surface area contributed by atoms with Crippen molar-refractivity contribution in [2.24, 2.45) is 0 Å². The molecule has 3 aromatic rings. The quantitative estimate of drug-likeness (QED) is 0.558. The Balaban J connectivity index is 1.36. The summed E-state index contributed by atoms with van der Waals surface area (Å²) in [5.74, 6) is -2.49. The minimum atomic E-state index is -0.985. The predicted octanol–water partition coefficient (Wildman–Crippen LogP) is 2.69. The summed E-state index contributed by atoms with van der Waals surface area (Å²) >= 11 is 0. The van der Waals surface area contributed by atoms with Crippen LogP contribution in [0.25, 0.3) is 0 Å². The van der Waals surface area contributed by atoms with Crippen LogP contribution in [-0.4, -0.2) is 56.4 Å². The van der Waals surface area contributed by atoms with Crippen molar-refractivity contribution in [3.8, 4) is 0 Å². The number of rotatable bonds is 7. The lowest BCUT2D eigenvalue weighted by Crippen LogP contribution is -2.48. The Morgan fingerprint density at radius 1 is 1.27 bits per heavy atom. The highest BCUT2D eigenvalue weighted by molar-refractivity contribution is 5.76. The molecule has 33 heavy (non-hydrogen) atoms. The average Bonchev–Trinajstić information content (AvgIpc) is 3.20. The van der Waals surface area contributed by atoms with Gasteiger partial charge in [-0.05, 0) is 13.0 Å². The molecule has 0 radical (unpaired) electrons. The second kappa shape index (κ2) is 9.86. The highest BCUT2D eigenvalue weighted by Gasteiger charge is 2.24. The number of morpholine rings is 1. The molecule has 1 aliphatic rings. The van der Waals surface area contributed by atoms with Gasteiger partial charge in [0.1, 0.15) is 29.8 Å². The van der Waals surface area contributed by atoms with Gasteiger partial charge >= 0.3 is 0 Å². The molecule has 174 valence electrons. The molecule has 1 amide bonds. The number of hydrogen-bond acceptors (Lipinski definition) is 7. The first kappa shape index (κ1) is 22.5. The van der Waals surface area contributed by atoms with Crippen LogP contribution in [0.15, 0.2) is 36.8 Å². The van der Waals surface area contributed by atoms with E-state index in [1.165, 1.54) is 23.1 Å². The molecule has 1 saturated heterocycles. The van der Waals surface area contributed by atoms with Crippen molar-refractivity contribution in [3.63, 3.8) is 0 Å². The Kier molecular flexibility index (Phi) is 6.73. The molecule has 0 bridgehead atoms. The molecule has 2 N–H and O–H groups in total. The maximum Gasteiger partial charge on any atom is 0.244 e. The van der Waals surface area contributed by atoms with Crippen LogP contribution in [0.3, 0.4) is 0 Å². The number of aromatic nitrogens is 4. The van der Waals surface area contributed by atoms with Crippen molar-refractivity contribution in [2.45, 2.75) is 26.1 Å². The second-order valence-corrected chi connectivity index (χ2v) is 7.53. The van der Waals surface area contributed by atoms with E-state index in [2.05, 4.69) is 25.7 Å². The maximum atomic E-state index is 13.8. The zero-order chi connectivity index (χ0) is 23.4. The van der Waals surface area contributed by atoms with Crippen LogP contribution in [0.5, 0.6) is 0 Å². The standard InChI is InChI=1S/C21H22F3N7O2/c1-13-12-33-5-4-31(13)20(32)11-30-10-15(8-27-30)28-21-25-3-2-19(29-21)26-9-16-17(23)6-14(22)7-18(16)24/h2-3,6-8,10,13H,4-5,9,11-12H2,1H3,(H2,25,26,28,29)/t13-/m0/s1. The van der Waals surface area contributed by atoms with E-state index in [4.69, 9.17) is 4.74 Å². The minimum absolute atomic E-state index is 0.0138. The van der Waals surface area contributed by atoms with Crippen LogP contribution in [0.1, 0.15) is 12.5 Å². The smallest absolute Gasteiger partial charge is 0.244 e. The molecule has 1 aliphatic heterocycles. The van der Waals surface area contributed by atoms with Gasteiger partial charge in [-0.2, -0.15) is 10.1 Å². The van der Waals surface area contributed by atoms with Crippen LogP contribution in [0.2, 0.25) is 0 Å². The first-order valence-electron chi connectivity index (χ1n) is 10.3. The third kappa shape index (κ3) is 5.58. The molecule has 1 atom stereocenters. The highest BCUT2D eigenvalue weighted by Crippen LogP contribution is 2.18. The average molecular weight is 461 g/mol. The van der Waals surface area contributed by atoms with Crippen molar-refractivity contribution >= 4 is 23.4 Å². The van der Waals surface area contributed by atoms with Crippen LogP contribution in [-0.2, 0) is 22.6 Å². The molecule has 4 rings (SSSR count). The summed E-state index contributed by atoms with van der Waals surface area (Å²) in [6, 6.07) is 2.78. The van der Waals surface area contributed by atoms with Gasteiger partial charge in [0.15, 0.2) is 0 Å². The molecule has 0 aliphatic carbocycles. The lowest BCUT2D eigenvalue weighted by atomic mass is 10.2. The van der Waals surface area contributed by atoms with E-state index in [-0.39, 0.29) is 36.6 Å². The van der Waals surface area contributed by atoms with E-state index in [0.29, 0.717) is 43.4 Å².